The van der Waals surface area contributed by atoms with Crippen LogP contribution in [0.4, 0.5) is 0 Å². The second kappa shape index (κ2) is 7.68. The fourth-order valence-corrected chi connectivity index (χ4v) is 2.96. The van der Waals surface area contributed by atoms with Crippen LogP contribution in [0.1, 0.15) is 67.7 Å². The molecule has 0 bridgehead atoms. The number of ketones is 1. The molecule has 23 heavy (non-hydrogen) atoms. The van der Waals surface area contributed by atoms with Crippen LogP contribution < -0.4 is 0 Å². The standard InChI is InChI=1S/C19H34O4/c1-16(2,14-19(7,23-9)12-13-20)10-11-17(3,4)15(21)18(5,6)22-8/h20H,10-11,14H2,1-9H3. The van der Waals surface area contributed by atoms with Crippen LogP contribution in [0.5, 0.6) is 0 Å². The number of Topliss-reactive ketones (excluding diaryl/α,β-unsaturated/α-hetero) is 1. The summed E-state index contributed by atoms with van der Waals surface area (Å²) in [5.41, 5.74) is -2.03. The van der Waals surface area contributed by atoms with Crippen molar-refractivity contribution in [2.45, 2.75) is 78.9 Å². The zero-order valence-electron chi connectivity index (χ0n) is 16.3. The van der Waals surface area contributed by atoms with Gasteiger partial charge in [-0.05, 0) is 51.4 Å². The van der Waals surface area contributed by atoms with E-state index in [9.17, 15) is 4.79 Å². The third kappa shape index (κ3) is 6.53. The van der Waals surface area contributed by atoms with E-state index in [0.29, 0.717) is 6.42 Å². The smallest absolute Gasteiger partial charge is 0.169 e. The molecule has 4 nitrogen and oxygen atoms in total. The van der Waals surface area contributed by atoms with Crippen LogP contribution in [-0.2, 0) is 14.3 Å². The number of methoxy groups -OCH3 is 2. The van der Waals surface area contributed by atoms with Crippen molar-refractivity contribution < 1.29 is 19.4 Å². The van der Waals surface area contributed by atoms with Gasteiger partial charge in [-0.25, -0.2) is 0 Å². The van der Waals surface area contributed by atoms with E-state index in [-0.39, 0.29) is 11.2 Å². The maximum atomic E-state index is 12.7. The molecule has 0 saturated carbocycles. The first-order chi connectivity index (χ1) is 10.3. The molecule has 1 N–H and O–H groups in total. The fraction of sp³-hybridized carbons (Fsp3) is 0.842. The molecule has 134 valence electrons. The minimum Gasteiger partial charge on any atom is -0.462 e. The molecule has 0 saturated heterocycles. The summed E-state index contributed by atoms with van der Waals surface area (Å²) in [5, 5.41) is 8.88. The Hall–Kier alpha value is -1.05. The minimum atomic E-state index is -0.781. The van der Waals surface area contributed by atoms with Gasteiger partial charge in [0.05, 0.1) is 0 Å². The predicted octanol–water partition coefficient (Wildman–Crippen LogP) is 3.94. The van der Waals surface area contributed by atoms with E-state index in [1.807, 2.05) is 26.9 Å². The van der Waals surface area contributed by atoms with Gasteiger partial charge < -0.3 is 14.6 Å². The number of rotatable bonds is 9. The summed E-state index contributed by atoms with van der Waals surface area (Å²) in [4.78, 5) is 12.7. The van der Waals surface area contributed by atoms with Gasteiger partial charge in [-0.2, -0.15) is 0 Å². The van der Waals surface area contributed by atoms with Crippen molar-refractivity contribution in [1.82, 2.24) is 0 Å². The Kier molecular flexibility index (Phi) is 7.33. The highest BCUT2D eigenvalue weighted by molar-refractivity contribution is 5.91. The summed E-state index contributed by atoms with van der Waals surface area (Å²) in [7, 11) is 3.16. The summed E-state index contributed by atoms with van der Waals surface area (Å²) >= 11 is 0. The fourth-order valence-electron chi connectivity index (χ4n) is 2.96. The molecule has 0 spiro atoms. The summed E-state index contributed by atoms with van der Waals surface area (Å²) in [6, 6.07) is 0. The molecule has 0 amide bonds. The van der Waals surface area contributed by atoms with E-state index in [1.165, 1.54) is 0 Å². The lowest BCUT2D eigenvalue weighted by atomic mass is 9.70. The Morgan fingerprint density at radius 3 is 1.87 bits per heavy atom. The second-order valence-corrected chi connectivity index (χ2v) is 8.44. The van der Waals surface area contributed by atoms with Gasteiger partial charge >= 0.3 is 0 Å². The van der Waals surface area contributed by atoms with Crippen LogP contribution in [0.3, 0.4) is 0 Å². The lowest BCUT2D eigenvalue weighted by Crippen LogP contribution is -2.44. The Bertz CT molecular complexity index is 465. The SMILES string of the molecule is COC(C)(C#CO)CC(C)(C)CCC(C)(C)C(=O)C(C)(C)OC. The van der Waals surface area contributed by atoms with Crippen molar-refractivity contribution in [1.29, 1.82) is 0 Å². The van der Waals surface area contributed by atoms with Gasteiger partial charge in [0, 0.05) is 19.6 Å². The van der Waals surface area contributed by atoms with E-state index in [2.05, 4.69) is 19.8 Å². The molecule has 4 heteroatoms. The van der Waals surface area contributed by atoms with E-state index in [4.69, 9.17) is 14.6 Å². The molecule has 0 rings (SSSR count). The maximum Gasteiger partial charge on any atom is 0.169 e. The van der Waals surface area contributed by atoms with E-state index < -0.39 is 16.6 Å². The number of hydrogen-bond acceptors (Lipinski definition) is 4. The van der Waals surface area contributed by atoms with E-state index in [0.717, 1.165) is 12.8 Å². The average molecular weight is 326 g/mol. The average Bonchev–Trinajstić information content (AvgIpc) is 2.44. The molecule has 0 aliphatic heterocycles. The maximum absolute atomic E-state index is 12.7. The van der Waals surface area contributed by atoms with Gasteiger partial charge in [-0.15, -0.1) is 0 Å². The van der Waals surface area contributed by atoms with Gasteiger partial charge in [0.1, 0.15) is 17.3 Å². The zero-order valence-corrected chi connectivity index (χ0v) is 16.3. The molecule has 0 aliphatic carbocycles. The number of aliphatic hydroxyl groups is 1. The van der Waals surface area contributed by atoms with Crippen LogP contribution in [-0.4, -0.2) is 36.3 Å². The second-order valence-electron chi connectivity index (χ2n) is 8.44. The van der Waals surface area contributed by atoms with Crippen LogP contribution in [0.2, 0.25) is 0 Å². The lowest BCUT2D eigenvalue weighted by molar-refractivity contribution is -0.147. The first-order valence-electron chi connectivity index (χ1n) is 8.07. The highest BCUT2D eigenvalue weighted by Crippen LogP contribution is 2.39. The predicted molar refractivity (Wildman–Crippen MR) is 92.6 cm³/mol. The van der Waals surface area contributed by atoms with Gasteiger partial charge in [0.15, 0.2) is 5.78 Å². The van der Waals surface area contributed by atoms with Gasteiger partial charge in [-0.1, -0.05) is 27.7 Å². The molecule has 0 aromatic carbocycles. The zero-order chi connectivity index (χ0) is 18.5. The van der Waals surface area contributed by atoms with Crippen molar-refractivity contribution >= 4 is 5.78 Å². The first-order valence-corrected chi connectivity index (χ1v) is 8.07. The number of carbonyl (C=O) groups is 1. The summed E-state index contributed by atoms with van der Waals surface area (Å²) in [5.74, 6) is 2.82. The molecule has 0 fully saturated rings. The number of hydrogen-bond donors (Lipinski definition) is 1. The third-order valence-corrected chi connectivity index (χ3v) is 4.69. The number of carbonyl (C=O) groups excluding carboxylic acids is 1. The molecular formula is C19H34O4. The first kappa shape index (κ1) is 21.9. The third-order valence-electron chi connectivity index (χ3n) is 4.69. The quantitative estimate of drug-likeness (QED) is 0.652. The molecule has 0 radical (unpaired) electrons. The molecule has 0 aromatic rings. The highest BCUT2D eigenvalue weighted by Gasteiger charge is 2.40. The molecule has 0 aromatic heterocycles. The molecule has 1 unspecified atom stereocenters. The highest BCUT2D eigenvalue weighted by atomic mass is 16.5. The van der Waals surface area contributed by atoms with Crippen LogP contribution >= 0.6 is 0 Å². The van der Waals surface area contributed by atoms with Crippen molar-refractivity contribution in [3.05, 3.63) is 0 Å². The number of aliphatic hydroxyl groups excluding tert-OH is 1. The molecular weight excluding hydrogens is 292 g/mol. The van der Waals surface area contributed by atoms with Crippen LogP contribution in [0.15, 0.2) is 0 Å². The minimum absolute atomic E-state index is 0.0800. The van der Waals surface area contributed by atoms with Crippen LogP contribution in [0, 0.1) is 22.9 Å². The van der Waals surface area contributed by atoms with E-state index >= 15 is 0 Å². The molecule has 0 heterocycles. The van der Waals surface area contributed by atoms with E-state index in [1.54, 1.807) is 28.1 Å². The Labute approximate surface area is 141 Å². The Morgan fingerprint density at radius 2 is 1.48 bits per heavy atom. The largest absolute Gasteiger partial charge is 0.462 e. The monoisotopic (exact) mass is 326 g/mol. The van der Waals surface area contributed by atoms with Crippen molar-refractivity contribution in [3.63, 3.8) is 0 Å². The summed E-state index contributed by atoms with van der Waals surface area (Å²) < 4.78 is 10.8. The Balaban J connectivity index is 4.99. The topological polar surface area (TPSA) is 55.8 Å². The van der Waals surface area contributed by atoms with Crippen molar-refractivity contribution in [2.75, 3.05) is 14.2 Å². The molecule has 1 atom stereocenters. The van der Waals surface area contributed by atoms with Crippen molar-refractivity contribution in [3.8, 4) is 12.0 Å². The van der Waals surface area contributed by atoms with Crippen molar-refractivity contribution in [2.24, 2.45) is 10.8 Å². The summed E-state index contributed by atoms with van der Waals surface area (Å²) in [6.45, 7) is 13.7. The normalized spacial score (nSPS) is 15.5. The summed E-state index contributed by atoms with van der Waals surface area (Å²) in [6.07, 6.45) is 4.22. The molecule has 0 aliphatic rings. The number of ether oxygens (including phenoxy) is 2. The Morgan fingerprint density at radius 1 is 0.957 bits per heavy atom. The lowest BCUT2D eigenvalue weighted by Gasteiger charge is -2.37. The van der Waals surface area contributed by atoms with Gasteiger partial charge in [-0.3, -0.25) is 4.79 Å². The van der Waals surface area contributed by atoms with Crippen LogP contribution in [0.25, 0.3) is 0 Å². The van der Waals surface area contributed by atoms with Gasteiger partial charge in [0.25, 0.3) is 0 Å². The van der Waals surface area contributed by atoms with Gasteiger partial charge in [0.2, 0.25) is 0 Å².